The molecule has 5 nitrogen and oxygen atoms in total. The van der Waals surface area contributed by atoms with Gasteiger partial charge in [0.1, 0.15) is 5.75 Å². The van der Waals surface area contributed by atoms with Crippen molar-refractivity contribution in [3.8, 4) is 22.9 Å². The molecule has 8 heteroatoms. The molecule has 2 aromatic rings. The summed E-state index contributed by atoms with van der Waals surface area (Å²) in [6.45, 7) is 0.905. The Morgan fingerprint density at radius 1 is 1.36 bits per heavy atom. The minimum Gasteiger partial charge on any atom is -0.405 e. The van der Waals surface area contributed by atoms with Gasteiger partial charge in [-0.15, -0.1) is 13.2 Å². The smallest absolute Gasteiger partial charge is 0.405 e. The van der Waals surface area contributed by atoms with Crippen LogP contribution in [0.2, 0.25) is 0 Å². The Balaban J connectivity index is 2.37. The van der Waals surface area contributed by atoms with E-state index in [2.05, 4.69) is 9.84 Å². The minimum absolute atomic E-state index is 0.0785. The van der Waals surface area contributed by atoms with E-state index in [1.807, 2.05) is 0 Å². The van der Waals surface area contributed by atoms with Gasteiger partial charge >= 0.3 is 6.36 Å². The first-order valence-corrected chi connectivity index (χ1v) is 6.24. The molecule has 22 heavy (non-hydrogen) atoms. The van der Waals surface area contributed by atoms with Crippen molar-refractivity contribution in [3.63, 3.8) is 0 Å². The second kappa shape index (κ2) is 6.49. The van der Waals surface area contributed by atoms with Crippen LogP contribution in [0.25, 0.3) is 11.1 Å². The van der Waals surface area contributed by atoms with Crippen molar-refractivity contribution < 1.29 is 22.6 Å². The maximum Gasteiger partial charge on any atom is 0.573 e. The largest absolute Gasteiger partial charge is 0.573 e. The maximum absolute atomic E-state index is 12.5. The summed E-state index contributed by atoms with van der Waals surface area (Å²) in [7, 11) is 1.54. The molecule has 116 valence electrons. The lowest BCUT2D eigenvalue weighted by Gasteiger charge is -2.12. The Morgan fingerprint density at radius 3 is 2.77 bits per heavy atom. The Kier molecular flexibility index (Phi) is 4.68. The fourth-order valence-corrected chi connectivity index (χ4v) is 1.85. The number of halogens is 3. The molecule has 0 N–H and O–H groups in total. The Hall–Kier alpha value is -2.53. The highest BCUT2D eigenvalue weighted by Crippen LogP contribution is 2.34. The van der Waals surface area contributed by atoms with Crippen LogP contribution in [0, 0.1) is 11.3 Å². The lowest BCUT2D eigenvalue weighted by Crippen LogP contribution is -2.17. The number of rotatable bonds is 5. The van der Waals surface area contributed by atoms with Crippen LogP contribution in [-0.4, -0.2) is 29.9 Å². The van der Waals surface area contributed by atoms with Crippen LogP contribution in [0.3, 0.4) is 0 Å². The van der Waals surface area contributed by atoms with Crippen LogP contribution in [-0.2, 0) is 11.3 Å². The van der Waals surface area contributed by atoms with E-state index >= 15 is 0 Å². The van der Waals surface area contributed by atoms with E-state index in [-0.39, 0.29) is 11.1 Å². The molecule has 0 saturated carbocycles. The summed E-state index contributed by atoms with van der Waals surface area (Å²) in [6, 6.07) is 5.65. The molecule has 0 aliphatic heterocycles. The van der Waals surface area contributed by atoms with E-state index in [0.717, 1.165) is 6.07 Å². The molecule has 0 fully saturated rings. The Labute approximate surface area is 124 Å². The average molecular weight is 311 g/mol. The standard InChI is InChI=1S/C14H12F3N3O2/c1-21-5-4-20-9-11(8-19-20)12-3-2-10(7-18)6-13(12)22-14(15,16)17/h2-3,6,8-9H,4-5H2,1H3. The molecule has 2 rings (SSSR count). The fraction of sp³-hybridized carbons (Fsp3) is 0.286. The van der Waals surface area contributed by atoms with Gasteiger partial charge in [-0.2, -0.15) is 10.4 Å². The van der Waals surface area contributed by atoms with Gasteiger partial charge in [0.15, 0.2) is 0 Å². The summed E-state index contributed by atoms with van der Waals surface area (Å²) in [6.07, 6.45) is -1.82. The van der Waals surface area contributed by atoms with Gasteiger partial charge in [-0.3, -0.25) is 4.68 Å². The highest BCUT2D eigenvalue weighted by Gasteiger charge is 2.32. The highest BCUT2D eigenvalue weighted by molar-refractivity contribution is 5.70. The predicted octanol–water partition coefficient (Wildman–Crippen LogP) is 2.97. The van der Waals surface area contributed by atoms with Gasteiger partial charge in [-0.05, 0) is 18.2 Å². The zero-order valence-electron chi connectivity index (χ0n) is 11.6. The molecule has 1 aromatic heterocycles. The third-order valence-corrected chi connectivity index (χ3v) is 2.81. The fourth-order valence-electron chi connectivity index (χ4n) is 1.85. The molecule has 0 aliphatic carbocycles. The van der Waals surface area contributed by atoms with Gasteiger partial charge in [0.2, 0.25) is 0 Å². The highest BCUT2D eigenvalue weighted by atomic mass is 19.4. The lowest BCUT2D eigenvalue weighted by molar-refractivity contribution is -0.274. The number of alkyl halides is 3. The van der Waals surface area contributed by atoms with Gasteiger partial charge in [-0.1, -0.05) is 0 Å². The number of hydrogen-bond acceptors (Lipinski definition) is 4. The van der Waals surface area contributed by atoms with Crippen LogP contribution in [0.5, 0.6) is 5.75 Å². The minimum atomic E-state index is -4.84. The number of aromatic nitrogens is 2. The summed E-state index contributed by atoms with van der Waals surface area (Å²) in [5.74, 6) is -0.433. The third kappa shape index (κ3) is 3.99. The van der Waals surface area contributed by atoms with Crippen molar-refractivity contribution in [1.82, 2.24) is 9.78 Å². The monoisotopic (exact) mass is 311 g/mol. The van der Waals surface area contributed by atoms with Crippen LogP contribution in [0.15, 0.2) is 30.6 Å². The number of nitrogens with zero attached hydrogens (tertiary/aromatic N) is 3. The van der Waals surface area contributed by atoms with Crippen molar-refractivity contribution >= 4 is 0 Å². The SMILES string of the molecule is COCCn1cc(-c2ccc(C#N)cc2OC(F)(F)F)cn1. The van der Waals surface area contributed by atoms with Crippen LogP contribution < -0.4 is 4.74 Å². The lowest BCUT2D eigenvalue weighted by atomic mass is 10.1. The first kappa shape index (κ1) is 15.9. The topological polar surface area (TPSA) is 60.1 Å². The molecule has 1 aromatic carbocycles. The zero-order valence-corrected chi connectivity index (χ0v) is 11.6. The van der Waals surface area contributed by atoms with E-state index in [0.29, 0.717) is 18.7 Å². The number of nitriles is 1. The van der Waals surface area contributed by atoms with Gasteiger partial charge in [0.25, 0.3) is 0 Å². The third-order valence-electron chi connectivity index (χ3n) is 2.81. The van der Waals surface area contributed by atoms with Crippen LogP contribution in [0.4, 0.5) is 13.2 Å². The Bertz CT molecular complexity index is 689. The average Bonchev–Trinajstić information content (AvgIpc) is 2.91. The normalized spacial score (nSPS) is 11.2. The molecule has 0 saturated heterocycles. The molecule has 0 unspecified atom stereocenters. The van der Waals surface area contributed by atoms with E-state index in [9.17, 15) is 13.2 Å². The van der Waals surface area contributed by atoms with Crippen molar-refractivity contribution in [1.29, 1.82) is 5.26 Å². The van der Waals surface area contributed by atoms with E-state index < -0.39 is 12.1 Å². The van der Waals surface area contributed by atoms with E-state index in [4.69, 9.17) is 10.00 Å². The van der Waals surface area contributed by atoms with Crippen molar-refractivity contribution in [3.05, 3.63) is 36.2 Å². The van der Waals surface area contributed by atoms with Crippen molar-refractivity contribution in [2.45, 2.75) is 12.9 Å². The quantitative estimate of drug-likeness (QED) is 0.852. The summed E-state index contributed by atoms with van der Waals surface area (Å²) in [5.41, 5.74) is 0.745. The van der Waals surface area contributed by atoms with Crippen LogP contribution in [0.1, 0.15) is 5.56 Å². The molecule has 0 amide bonds. The maximum atomic E-state index is 12.5. The molecule has 0 bridgehead atoms. The summed E-state index contributed by atoms with van der Waals surface area (Å²) < 4.78 is 48.0. The van der Waals surface area contributed by atoms with Crippen LogP contribution >= 0.6 is 0 Å². The second-order valence-corrected chi connectivity index (χ2v) is 4.36. The van der Waals surface area contributed by atoms with E-state index in [1.165, 1.54) is 18.3 Å². The number of benzene rings is 1. The predicted molar refractivity (Wildman–Crippen MR) is 70.9 cm³/mol. The first-order chi connectivity index (χ1) is 10.4. The molecular weight excluding hydrogens is 299 g/mol. The van der Waals surface area contributed by atoms with Gasteiger partial charge in [-0.25, -0.2) is 0 Å². The zero-order chi connectivity index (χ0) is 16.2. The second-order valence-electron chi connectivity index (χ2n) is 4.36. The summed E-state index contributed by atoms with van der Waals surface area (Å²) >= 11 is 0. The van der Waals surface area contributed by atoms with Gasteiger partial charge < -0.3 is 9.47 Å². The van der Waals surface area contributed by atoms with E-state index in [1.54, 1.807) is 24.1 Å². The number of methoxy groups -OCH3 is 1. The van der Waals surface area contributed by atoms with Gasteiger partial charge in [0.05, 0.1) is 31.0 Å². The summed E-state index contributed by atoms with van der Waals surface area (Å²) in [4.78, 5) is 0. The first-order valence-electron chi connectivity index (χ1n) is 6.24. The Morgan fingerprint density at radius 2 is 2.14 bits per heavy atom. The van der Waals surface area contributed by atoms with Crippen molar-refractivity contribution in [2.24, 2.45) is 0 Å². The molecular formula is C14H12F3N3O2. The van der Waals surface area contributed by atoms with Crippen molar-refractivity contribution in [2.75, 3.05) is 13.7 Å². The molecule has 0 atom stereocenters. The summed E-state index contributed by atoms with van der Waals surface area (Å²) in [5, 5.41) is 12.9. The molecule has 0 spiro atoms. The van der Waals surface area contributed by atoms with Gasteiger partial charge in [0, 0.05) is 24.4 Å². The number of hydrogen-bond donors (Lipinski definition) is 0. The molecule has 0 aliphatic rings. The molecule has 0 radical (unpaired) electrons. The molecule has 1 heterocycles. The number of ether oxygens (including phenoxy) is 2.